The standard InChI is InChI=1S/C30H38N6O4S/c1-40-25-10-12-26(13-11-25)41(38,39)36-16-15-31-30(37)29(36)18-24-20-35(34-33-24)28-8-4-5-22-17-21(9-14-27(22)28)19-32-23-6-2-3-7-23/h9-14,17,20,23,28-29,32H,2-8,15-16,18-19H2,1H3,(H,31,37)/t28-,29?/m1/s1. The van der Waals surface area contributed by atoms with Crippen LogP contribution in [0.4, 0.5) is 0 Å². The molecule has 1 saturated heterocycles. The quantitative estimate of drug-likeness (QED) is 0.401. The van der Waals surface area contributed by atoms with Crippen molar-refractivity contribution in [2.45, 2.75) is 80.9 Å². The van der Waals surface area contributed by atoms with Crippen LogP contribution >= 0.6 is 0 Å². The zero-order chi connectivity index (χ0) is 28.4. The molecule has 2 aliphatic carbocycles. The zero-order valence-electron chi connectivity index (χ0n) is 23.5. The van der Waals surface area contributed by atoms with Gasteiger partial charge in [0.2, 0.25) is 15.9 Å². The van der Waals surface area contributed by atoms with Crippen molar-refractivity contribution in [2.24, 2.45) is 0 Å². The number of hydrogen-bond donors (Lipinski definition) is 2. The number of rotatable bonds is 9. The second kappa shape index (κ2) is 11.9. The monoisotopic (exact) mass is 578 g/mol. The van der Waals surface area contributed by atoms with E-state index in [0.717, 1.165) is 25.8 Å². The molecule has 2 fully saturated rings. The summed E-state index contributed by atoms with van der Waals surface area (Å²) in [4.78, 5) is 13.1. The van der Waals surface area contributed by atoms with E-state index in [-0.39, 0.29) is 36.4 Å². The minimum atomic E-state index is -3.90. The van der Waals surface area contributed by atoms with Gasteiger partial charge in [0.1, 0.15) is 11.8 Å². The van der Waals surface area contributed by atoms with Crippen LogP contribution in [0.1, 0.15) is 67.0 Å². The van der Waals surface area contributed by atoms with Gasteiger partial charge in [-0.1, -0.05) is 36.3 Å². The molecule has 2 N–H and O–H groups in total. The molecule has 0 bridgehead atoms. The Bertz CT molecular complexity index is 1480. The highest BCUT2D eigenvalue weighted by Gasteiger charge is 2.39. The summed E-state index contributed by atoms with van der Waals surface area (Å²) in [5.41, 5.74) is 4.52. The van der Waals surface area contributed by atoms with Gasteiger partial charge >= 0.3 is 0 Å². The molecule has 11 heteroatoms. The molecule has 1 amide bonds. The van der Waals surface area contributed by atoms with E-state index in [1.54, 1.807) is 12.1 Å². The summed E-state index contributed by atoms with van der Waals surface area (Å²) in [5, 5.41) is 15.4. The van der Waals surface area contributed by atoms with Crippen molar-refractivity contribution in [1.29, 1.82) is 0 Å². The zero-order valence-corrected chi connectivity index (χ0v) is 24.3. The van der Waals surface area contributed by atoms with E-state index in [2.05, 4.69) is 39.1 Å². The summed E-state index contributed by atoms with van der Waals surface area (Å²) in [7, 11) is -2.37. The Balaban J connectivity index is 1.18. The Morgan fingerprint density at radius 2 is 1.88 bits per heavy atom. The number of fused-ring (bicyclic) bond motifs is 1. The smallest absolute Gasteiger partial charge is 0.243 e. The maximum absolute atomic E-state index is 13.5. The molecule has 0 radical (unpaired) electrons. The minimum absolute atomic E-state index is 0.0659. The van der Waals surface area contributed by atoms with Gasteiger partial charge in [-0.25, -0.2) is 13.1 Å². The second-order valence-corrected chi connectivity index (χ2v) is 13.2. The molecule has 1 aromatic heterocycles. The van der Waals surface area contributed by atoms with E-state index in [1.807, 2.05) is 10.9 Å². The Morgan fingerprint density at radius 1 is 1.07 bits per heavy atom. The number of ether oxygens (including phenoxy) is 1. The number of hydrogen-bond acceptors (Lipinski definition) is 7. The van der Waals surface area contributed by atoms with Gasteiger partial charge in [0.05, 0.1) is 23.7 Å². The lowest BCUT2D eigenvalue weighted by atomic mass is 9.86. The van der Waals surface area contributed by atoms with Crippen molar-refractivity contribution >= 4 is 15.9 Å². The van der Waals surface area contributed by atoms with Crippen LogP contribution in [-0.4, -0.2) is 65.9 Å². The average Bonchev–Trinajstić information content (AvgIpc) is 3.69. The van der Waals surface area contributed by atoms with Gasteiger partial charge in [-0.15, -0.1) is 5.10 Å². The fraction of sp³-hybridized carbons (Fsp3) is 0.500. The molecule has 2 aromatic carbocycles. The summed E-state index contributed by atoms with van der Waals surface area (Å²) >= 11 is 0. The van der Waals surface area contributed by atoms with Crippen molar-refractivity contribution in [3.63, 3.8) is 0 Å². The summed E-state index contributed by atoms with van der Waals surface area (Å²) in [6.45, 7) is 1.34. The number of nitrogens with one attached hydrogen (secondary N) is 2. The van der Waals surface area contributed by atoms with E-state index < -0.39 is 16.1 Å². The van der Waals surface area contributed by atoms with E-state index in [9.17, 15) is 13.2 Å². The number of methoxy groups -OCH3 is 1. The maximum atomic E-state index is 13.5. The van der Waals surface area contributed by atoms with E-state index in [4.69, 9.17) is 4.74 Å². The van der Waals surface area contributed by atoms with E-state index in [0.29, 0.717) is 17.5 Å². The van der Waals surface area contributed by atoms with E-state index in [1.165, 1.54) is 65.9 Å². The van der Waals surface area contributed by atoms with Gasteiger partial charge < -0.3 is 15.4 Å². The second-order valence-electron chi connectivity index (χ2n) is 11.3. The molecular formula is C30H38N6O4S. The minimum Gasteiger partial charge on any atom is -0.497 e. The molecule has 3 aliphatic rings. The molecular weight excluding hydrogens is 540 g/mol. The molecule has 0 spiro atoms. The molecule has 6 rings (SSSR count). The molecule has 1 saturated carbocycles. The lowest BCUT2D eigenvalue weighted by Crippen LogP contribution is -2.57. The number of benzene rings is 2. The van der Waals surface area contributed by atoms with Crippen LogP contribution in [0.25, 0.3) is 0 Å². The maximum Gasteiger partial charge on any atom is 0.243 e. The molecule has 10 nitrogen and oxygen atoms in total. The first-order valence-corrected chi connectivity index (χ1v) is 16.1. The number of piperazine rings is 1. The van der Waals surface area contributed by atoms with Gasteiger partial charge in [-0.2, -0.15) is 4.31 Å². The van der Waals surface area contributed by atoms with Gasteiger partial charge in [0, 0.05) is 38.3 Å². The van der Waals surface area contributed by atoms with Crippen LogP contribution in [0.2, 0.25) is 0 Å². The normalized spacial score (nSPS) is 21.9. The topological polar surface area (TPSA) is 118 Å². The lowest BCUT2D eigenvalue weighted by molar-refractivity contribution is -0.126. The number of aromatic nitrogens is 3. The molecule has 218 valence electrons. The number of carbonyl (C=O) groups is 1. The summed E-state index contributed by atoms with van der Waals surface area (Å²) in [5.74, 6) is 0.236. The third kappa shape index (κ3) is 5.89. The van der Waals surface area contributed by atoms with Crippen molar-refractivity contribution in [3.05, 3.63) is 71.0 Å². The van der Waals surface area contributed by atoms with Gasteiger partial charge in [-0.3, -0.25) is 4.79 Å². The van der Waals surface area contributed by atoms with Crippen molar-refractivity contribution in [3.8, 4) is 5.75 Å². The highest BCUT2D eigenvalue weighted by molar-refractivity contribution is 7.89. The first-order valence-electron chi connectivity index (χ1n) is 14.6. The highest BCUT2D eigenvalue weighted by atomic mass is 32.2. The predicted molar refractivity (Wildman–Crippen MR) is 154 cm³/mol. The summed E-state index contributed by atoms with van der Waals surface area (Å²) < 4.78 is 35.4. The first kappa shape index (κ1) is 27.9. The Hall–Kier alpha value is -3.28. The molecule has 2 atom stereocenters. The van der Waals surface area contributed by atoms with Crippen molar-refractivity contribution < 1.29 is 17.9 Å². The van der Waals surface area contributed by atoms with Crippen molar-refractivity contribution in [1.82, 2.24) is 29.9 Å². The van der Waals surface area contributed by atoms with Gasteiger partial charge in [0.15, 0.2) is 0 Å². The number of carbonyl (C=O) groups excluding carboxylic acids is 1. The van der Waals surface area contributed by atoms with Crippen LogP contribution in [0.5, 0.6) is 5.75 Å². The SMILES string of the molecule is COc1ccc(S(=O)(=O)N2CCNC(=O)C2Cc2cn([C@@H]3CCCc4cc(CNC5CCCC5)ccc43)nn2)cc1. The lowest BCUT2D eigenvalue weighted by Gasteiger charge is -2.33. The average molecular weight is 579 g/mol. The van der Waals surface area contributed by atoms with Gasteiger partial charge in [-0.05, 0) is 73.1 Å². The molecule has 1 unspecified atom stereocenters. The molecule has 2 heterocycles. The first-order chi connectivity index (χ1) is 19.9. The van der Waals surface area contributed by atoms with Crippen LogP contribution in [0.15, 0.2) is 53.6 Å². The summed E-state index contributed by atoms with van der Waals surface area (Å²) in [6.07, 6.45) is 10.3. The Labute approximate surface area is 241 Å². The number of aryl methyl sites for hydroxylation is 1. The van der Waals surface area contributed by atoms with E-state index >= 15 is 0 Å². The largest absolute Gasteiger partial charge is 0.497 e. The number of sulfonamides is 1. The van der Waals surface area contributed by atoms with Crippen LogP contribution in [0, 0.1) is 0 Å². The highest BCUT2D eigenvalue weighted by Crippen LogP contribution is 2.33. The molecule has 3 aromatic rings. The fourth-order valence-electron chi connectivity index (χ4n) is 6.44. The third-order valence-electron chi connectivity index (χ3n) is 8.67. The Morgan fingerprint density at radius 3 is 2.66 bits per heavy atom. The fourth-order valence-corrected chi connectivity index (χ4v) is 8.02. The Kier molecular flexibility index (Phi) is 8.10. The van der Waals surface area contributed by atoms with Crippen LogP contribution in [0.3, 0.4) is 0 Å². The number of amides is 1. The third-order valence-corrected chi connectivity index (χ3v) is 10.6. The van der Waals surface area contributed by atoms with Crippen molar-refractivity contribution in [2.75, 3.05) is 20.2 Å². The van der Waals surface area contributed by atoms with Crippen LogP contribution in [-0.2, 0) is 34.2 Å². The summed E-state index contributed by atoms with van der Waals surface area (Å²) in [6, 6.07) is 12.8. The van der Waals surface area contributed by atoms with Gasteiger partial charge in [0.25, 0.3) is 0 Å². The predicted octanol–water partition coefficient (Wildman–Crippen LogP) is 2.98. The number of nitrogens with zero attached hydrogens (tertiary/aromatic N) is 4. The molecule has 41 heavy (non-hydrogen) atoms. The van der Waals surface area contributed by atoms with Crippen LogP contribution < -0.4 is 15.4 Å². The molecule has 1 aliphatic heterocycles.